The third kappa shape index (κ3) is 3.97. The zero-order chi connectivity index (χ0) is 17.6. The molecule has 25 heavy (non-hydrogen) atoms. The second-order valence-corrected chi connectivity index (χ2v) is 6.11. The predicted octanol–water partition coefficient (Wildman–Crippen LogP) is 4.11. The largest absolute Gasteiger partial charge is 0.265 e. The normalized spacial score (nSPS) is 12.4. The second-order valence-electron chi connectivity index (χ2n) is 5.27. The van der Waals surface area contributed by atoms with Gasteiger partial charge in [0.15, 0.2) is 0 Å². The van der Waals surface area contributed by atoms with Gasteiger partial charge in [0.1, 0.15) is 5.82 Å². The number of aromatic nitrogens is 2. The fourth-order valence-corrected chi connectivity index (χ4v) is 3.11. The molecule has 0 spiro atoms. The van der Waals surface area contributed by atoms with Gasteiger partial charge in [-0.15, -0.1) is 17.9 Å². The summed E-state index contributed by atoms with van der Waals surface area (Å²) in [5.74, 6) is -0.265. The van der Waals surface area contributed by atoms with Gasteiger partial charge >= 0.3 is 0 Å². The molecule has 0 radical (unpaired) electrons. The Labute approximate surface area is 149 Å². The Morgan fingerprint density at radius 1 is 1.24 bits per heavy atom. The van der Waals surface area contributed by atoms with Crippen molar-refractivity contribution >= 4 is 17.0 Å². The number of benzene rings is 1. The van der Waals surface area contributed by atoms with Crippen molar-refractivity contribution in [1.29, 1.82) is 0 Å². The van der Waals surface area contributed by atoms with Gasteiger partial charge in [-0.1, -0.05) is 6.08 Å². The van der Waals surface area contributed by atoms with Crippen LogP contribution in [0.3, 0.4) is 0 Å². The molecule has 1 aromatic carbocycles. The Hall–Kier alpha value is -2.86. The van der Waals surface area contributed by atoms with Crippen LogP contribution in [0.25, 0.3) is 11.3 Å². The van der Waals surface area contributed by atoms with Crippen LogP contribution >= 0.6 is 11.3 Å². The molecule has 6 heteroatoms. The minimum absolute atomic E-state index is 0.265. The monoisotopic (exact) mass is 352 g/mol. The van der Waals surface area contributed by atoms with Crippen molar-refractivity contribution in [2.45, 2.75) is 6.92 Å². The van der Waals surface area contributed by atoms with Crippen LogP contribution < -0.4 is 4.80 Å². The number of pyridine rings is 1. The molecule has 4 nitrogen and oxygen atoms in total. The maximum absolute atomic E-state index is 13.2. The van der Waals surface area contributed by atoms with Crippen LogP contribution in [0.4, 0.5) is 4.39 Å². The summed E-state index contributed by atoms with van der Waals surface area (Å²) in [6.07, 6.45) is 5.20. The Morgan fingerprint density at radius 3 is 2.64 bits per heavy atom. The lowest BCUT2D eigenvalue weighted by atomic mass is 10.2. The summed E-state index contributed by atoms with van der Waals surface area (Å²) in [5.41, 5.74) is 3.56. The molecule has 0 unspecified atom stereocenters. The quantitative estimate of drug-likeness (QED) is 0.503. The summed E-state index contributed by atoms with van der Waals surface area (Å²) in [7, 11) is 0. The maximum atomic E-state index is 13.2. The van der Waals surface area contributed by atoms with Gasteiger partial charge in [0.2, 0.25) is 4.80 Å². The fraction of sp³-hybridized carbons (Fsp3) is 0.105. The highest BCUT2D eigenvalue weighted by Gasteiger charge is 2.09. The van der Waals surface area contributed by atoms with Gasteiger partial charge in [-0.2, -0.15) is 5.10 Å². The Balaban J connectivity index is 2.13. The van der Waals surface area contributed by atoms with Crippen molar-refractivity contribution in [3.63, 3.8) is 0 Å². The first-order chi connectivity index (χ1) is 12.2. The molecule has 126 valence electrons. The number of halogens is 1. The van der Waals surface area contributed by atoms with Crippen molar-refractivity contribution in [1.82, 2.24) is 9.66 Å². The number of rotatable bonds is 5. The molecule has 0 saturated carbocycles. The molecule has 2 heterocycles. The molecule has 0 fully saturated rings. The molecule has 0 N–H and O–H groups in total. The molecular formula is C19H17FN4S. The van der Waals surface area contributed by atoms with Crippen molar-refractivity contribution in [2.24, 2.45) is 10.1 Å². The summed E-state index contributed by atoms with van der Waals surface area (Å²) in [6.45, 7) is 6.15. The van der Waals surface area contributed by atoms with Gasteiger partial charge < -0.3 is 0 Å². The summed E-state index contributed by atoms with van der Waals surface area (Å²) in [6, 6.07) is 10.2. The molecule has 3 aromatic rings. The van der Waals surface area contributed by atoms with E-state index in [9.17, 15) is 4.39 Å². The van der Waals surface area contributed by atoms with E-state index in [4.69, 9.17) is 5.10 Å². The molecule has 0 atom stereocenters. The van der Waals surface area contributed by atoms with Gasteiger partial charge in [-0.25, -0.2) is 9.07 Å². The summed E-state index contributed by atoms with van der Waals surface area (Å²) in [5, 5.41) is 6.71. The van der Waals surface area contributed by atoms with E-state index in [1.54, 1.807) is 35.3 Å². The smallest absolute Gasteiger partial charge is 0.206 e. The number of nitrogens with zero attached hydrogens (tertiary/aromatic N) is 4. The van der Waals surface area contributed by atoms with Crippen LogP contribution in [0.2, 0.25) is 0 Å². The number of thiazole rings is 1. The van der Waals surface area contributed by atoms with E-state index in [1.165, 1.54) is 23.5 Å². The lowest BCUT2D eigenvalue weighted by Gasteiger charge is -2.06. The molecule has 0 aliphatic heterocycles. The average molecular weight is 352 g/mol. The maximum Gasteiger partial charge on any atom is 0.206 e. The Kier molecular flexibility index (Phi) is 5.30. The molecule has 3 rings (SSSR count). The van der Waals surface area contributed by atoms with Crippen LogP contribution in [-0.2, 0) is 0 Å². The van der Waals surface area contributed by atoms with E-state index in [0.29, 0.717) is 6.54 Å². The van der Waals surface area contributed by atoms with Gasteiger partial charge in [-0.05, 0) is 43.3 Å². The highest BCUT2D eigenvalue weighted by molar-refractivity contribution is 7.07. The van der Waals surface area contributed by atoms with Gasteiger partial charge in [-0.3, -0.25) is 9.98 Å². The van der Waals surface area contributed by atoms with Crippen LogP contribution in [0.1, 0.15) is 12.5 Å². The minimum atomic E-state index is -0.265. The van der Waals surface area contributed by atoms with Crippen molar-refractivity contribution in [3.8, 4) is 11.3 Å². The van der Waals surface area contributed by atoms with Gasteiger partial charge in [0, 0.05) is 28.9 Å². The summed E-state index contributed by atoms with van der Waals surface area (Å²) >= 11 is 1.49. The Morgan fingerprint density at radius 2 is 1.96 bits per heavy atom. The van der Waals surface area contributed by atoms with E-state index in [2.05, 4.69) is 16.6 Å². The van der Waals surface area contributed by atoms with E-state index < -0.39 is 0 Å². The number of hydrogen-bond donors (Lipinski definition) is 0. The van der Waals surface area contributed by atoms with Crippen molar-refractivity contribution < 1.29 is 4.39 Å². The van der Waals surface area contributed by atoms with Crippen LogP contribution in [0.15, 0.2) is 76.9 Å². The van der Waals surface area contributed by atoms with E-state index in [1.807, 2.05) is 24.4 Å². The van der Waals surface area contributed by atoms with Gasteiger partial charge in [0.05, 0.1) is 18.0 Å². The molecule has 0 aliphatic carbocycles. The van der Waals surface area contributed by atoms with Crippen molar-refractivity contribution in [2.75, 3.05) is 6.54 Å². The van der Waals surface area contributed by atoms with Crippen molar-refractivity contribution in [3.05, 3.63) is 83.0 Å². The third-order valence-corrected chi connectivity index (χ3v) is 4.38. The molecule has 2 aromatic heterocycles. The summed E-state index contributed by atoms with van der Waals surface area (Å²) in [4.78, 5) is 9.29. The summed E-state index contributed by atoms with van der Waals surface area (Å²) < 4.78 is 15.0. The second kappa shape index (κ2) is 7.81. The zero-order valence-electron chi connectivity index (χ0n) is 13.8. The first kappa shape index (κ1) is 17.0. The molecule has 0 aliphatic rings. The van der Waals surface area contributed by atoms with Gasteiger partial charge in [0.25, 0.3) is 0 Å². The van der Waals surface area contributed by atoms with Crippen LogP contribution in [-0.4, -0.2) is 21.9 Å². The molecule has 0 saturated heterocycles. The SMILES string of the molecule is C=CCN=c1scc(-c2ccc(F)cc2)n1N=C(C)c1ccncc1. The van der Waals surface area contributed by atoms with E-state index >= 15 is 0 Å². The standard InChI is InChI=1S/C19H17FN4S/c1-3-10-22-19-24(23-14(2)15-8-11-21-12-9-15)18(13-25-19)16-4-6-17(20)7-5-16/h3-9,11-13H,1,10H2,2H3. The van der Waals surface area contributed by atoms with Crippen LogP contribution in [0, 0.1) is 5.82 Å². The lowest BCUT2D eigenvalue weighted by Crippen LogP contribution is -2.14. The zero-order valence-corrected chi connectivity index (χ0v) is 14.6. The predicted molar refractivity (Wildman–Crippen MR) is 100 cm³/mol. The topological polar surface area (TPSA) is 42.5 Å². The third-order valence-electron chi connectivity index (χ3n) is 3.53. The first-order valence-corrected chi connectivity index (χ1v) is 8.61. The first-order valence-electron chi connectivity index (χ1n) is 7.73. The Bertz CT molecular complexity index is 953. The highest BCUT2D eigenvalue weighted by Crippen LogP contribution is 2.21. The molecule has 0 amide bonds. The van der Waals surface area contributed by atoms with E-state index in [-0.39, 0.29) is 5.82 Å². The minimum Gasteiger partial charge on any atom is -0.265 e. The van der Waals surface area contributed by atoms with Crippen LogP contribution in [0.5, 0.6) is 0 Å². The fourth-order valence-electron chi connectivity index (χ4n) is 2.27. The lowest BCUT2D eigenvalue weighted by molar-refractivity contribution is 0.628. The molecular weight excluding hydrogens is 335 g/mol. The van der Waals surface area contributed by atoms with E-state index in [0.717, 1.165) is 27.3 Å². The average Bonchev–Trinajstić information content (AvgIpc) is 3.04. The highest BCUT2D eigenvalue weighted by atomic mass is 32.1. The number of hydrogen-bond acceptors (Lipinski definition) is 4. The molecule has 0 bridgehead atoms.